The molecule has 0 bridgehead atoms. The molecule has 180 valence electrons. The summed E-state index contributed by atoms with van der Waals surface area (Å²) in [5.74, 6) is -2.76. The molecule has 0 saturated carbocycles. The van der Waals surface area contributed by atoms with Gasteiger partial charge in [-0.3, -0.25) is 4.31 Å². The Labute approximate surface area is 190 Å². The Hall–Kier alpha value is -2.63. The molecule has 0 atom stereocenters. The highest BCUT2D eigenvalue weighted by atomic mass is 32.2. The van der Waals surface area contributed by atoms with E-state index < -0.39 is 27.8 Å². The Morgan fingerprint density at radius 2 is 1.55 bits per heavy atom. The zero-order valence-electron chi connectivity index (χ0n) is 18.0. The number of likely N-dealkylation sites (tertiary alicyclic amines) is 1. The Morgan fingerprint density at radius 1 is 1.00 bits per heavy atom. The van der Waals surface area contributed by atoms with E-state index in [2.05, 4.69) is 11.9 Å². The van der Waals surface area contributed by atoms with Gasteiger partial charge in [-0.05, 0) is 38.1 Å². The topological polar surface area (TPSA) is 87.2 Å². The van der Waals surface area contributed by atoms with Gasteiger partial charge in [-0.25, -0.2) is 13.2 Å². The van der Waals surface area contributed by atoms with Crippen LogP contribution in [0.1, 0.15) is 18.4 Å². The Kier molecular flexibility index (Phi) is 7.35. The SMILES string of the molecule is CN1CCC2(CC1)OCCN(S(=O)(=O)c1ccccc1)c1ccccc12.O=C(O)C(F)(F)F. The molecule has 0 unspecified atom stereocenters. The summed E-state index contributed by atoms with van der Waals surface area (Å²) < 4.78 is 66.2. The second-order valence-electron chi connectivity index (χ2n) is 7.86. The number of piperidine rings is 1. The second kappa shape index (κ2) is 9.70. The maximum Gasteiger partial charge on any atom is 0.490 e. The Morgan fingerprint density at radius 3 is 2.12 bits per heavy atom. The zero-order valence-corrected chi connectivity index (χ0v) is 18.8. The van der Waals surface area contributed by atoms with Crippen molar-refractivity contribution in [2.45, 2.75) is 29.5 Å². The molecule has 1 fully saturated rings. The molecule has 11 heteroatoms. The molecular weight excluding hydrogens is 461 g/mol. The maximum absolute atomic E-state index is 13.3. The van der Waals surface area contributed by atoms with E-state index in [0.717, 1.165) is 37.2 Å². The lowest BCUT2D eigenvalue weighted by atomic mass is 9.83. The summed E-state index contributed by atoms with van der Waals surface area (Å²) in [6.45, 7) is 2.61. The molecule has 0 aliphatic carbocycles. The van der Waals surface area contributed by atoms with E-state index in [0.29, 0.717) is 18.0 Å². The van der Waals surface area contributed by atoms with Crippen LogP contribution >= 0.6 is 0 Å². The lowest BCUT2D eigenvalue weighted by Gasteiger charge is -2.40. The van der Waals surface area contributed by atoms with E-state index >= 15 is 0 Å². The first-order valence-corrected chi connectivity index (χ1v) is 11.7. The number of aliphatic carboxylic acids is 1. The minimum absolute atomic E-state index is 0.314. The number of ether oxygens (including phenoxy) is 1. The highest BCUT2D eigenvalue weighted by Crippen LogP contribution is 2.44. The molecule has 0 radical (unpaired) electrons. The summed E-state index contributed by atoms with van der Waals surface area (Å²) in [6, 6.07) is 16.4. The van der Waals surface area contributed by atoms with Gasteiger partial charge in [0.2, 0.25) is 0 Å². The van der Waals surface area contributed by atoms with Crippen LogP contribution in [0.4, 0.5) is 18.9 Å². The molecule has 2 aliphatic heterocycles. The van der Waals surface area contributed by atoms with Gasteiger partial charge in [0.25, 0.3) is 10.0 Å². The standard InChI is InChI=1S/C20H24N2O3S.C2HF3O2/c1-21-13-11-20(12-14-21)18-9-5-6-10-19(18)22(15-16-25-20)26(23,24)17-7-3-2-4-8-17;3-2(4,5)1(6)7/h2-10H,11-16H2,1H3;(H,6,7). The number of hydrogen-bond acceptors (Lipinski definition) is 5. The van der Waals surface area contributed by atoms with Crippen LogP contribution in [0.3, 0.4) is 0 Å². The minimum Gasteiger partial charge on any atom is -0.475 e. The number of benzene rings is 2. The number of rotatable bonds is 2. The lowest BCUT2D eigenvalue weighted by Crippen LogP contribution is -2.42. The largest absolute Gasteiger partial charge is 0.490 e. The van der Waals surface area contributed by atoms with Crippen LogP contribution in [0, 0.1) is 0 Å². The number of alkyl halides is 3. The number of para-hydroxylation sites is 1. The van der Waals surface area contributed by atoms with Crippen molar-refractivity contribution in [1.82, 2.24) is 4.90 Å². The number of carbonyl (C=O) groups is 1. The molecule has 0 amide bonds. The Balaban J connectivity index is 0.000000383. The van der Waals surface area contributed by atoms with Crippen molar-refractivity contribution in [3.05, 3.63) is 60.2 Å². The van der Waals surface area contributed by atoms with Crippen LogP contribution in [0.15, 0.2) is 59.5 Å². The van der Waals surface area contributed by atoms with Crippen molar-refractivity contribution in [1.29, 1.82) is 0 Å². The van der Waals surface area contributed by atoms with Gasteiger partial charge < -0.3 is 14.7 Å². The fourth-order valence-electron chi connectivity index (χ4n) is 3.96. The zero-order chi connectivity index (χ0) is 24.3. The number of anilines is 1. The maximum atomic E-state index is 13.3. The van der Waals surface area contributed by atoms with E-state index in [1.165, 1.54) is 4.31 Å². The fraction of sp³-hybridized carbons (Fsp3) is 0.409. The summed E-state index contributed by atoms with van der Waals surface area (Å²) in [6.07, 6.45) is -3.33. The minimum atomic E-state index is -5.08. The normalized spacial score (nSPS) is 18.6. The fourth-order valence-corrected chi connectivity index (χ4v) is 5.45. The van der Waals surface area contributed by atoms with Gasteiger partial charge in [0, 0.05) is 18.7 Å². The molecule has 2 aliphatic rings. The van der Waals surface area contributed by atoms with Crippen molar-refractivity contribution in [2.75, 3.05) is 37.6 Å². The predicted octanol–water partition coefficient (Wildman–Crippen LogP) is 3.47. The summed E-state index contributed by atoms with van der Waals surface area (Å²) in [7, 11) is -1.51. The molecule has 2 aromatic rings. The van der Waals surface area contributed by atoms with E-state index in [1.807, 2.05) is 30.3 Å². The molecule has 1 spiro atoms. The number of fused-ring (bicyclic) bond motifs is 2. The van der Waals surface area contributed by atoms with Gasteiger partial charge in [-0.1, -0.05) is 36.4 Å². The van der Waals surface area contributed by atoms with Gasteiger partial charge in [0.1, 0.15) is 0 Å². The highest BCUT2D eigenvalue weighted by molar-refractivity contribution is 7.92. The van der Waals surface area contributed by atoms with Crippen LogP contribution in [0.2, 0.25) is 0 Å². The quantitative estimate of drug-likeness (QED) is 0.700. The highest BCUT2D eigenvalue weighted by Gasteiger charge is 2.42. The molecular formula is C22H25F3N2O5S. The number of hydrogen-bond donors (Lipinski definition) is 1. The Bertz CT molecular complexity index is 1070. The number of carboxylic acid groups (broad SMARTS) is 1. The molecule has 33 heavy (non-hydrogen) atoms. The monoisotopic (exact) mass is 486 g/mol. The first-order valence-electron chi connectivity index (χ1n) is 10.3. The van der Waals surface area contributed by atoms with Crippen molar-refractivity contribution in [2.24, 2.45) is 0 Å². The summed E-state index contributed by atoms with van der Waals surface area (Å²) in [4.78, 5) is 11.5. The third kappa shape index (κ3) is 5.48. The molecule has 1 saturated heterocycles. The average Bonchev–Trinajstić information content (AvgIpc) is 2.94. The van der Waals surface area contributed by atoms with Crippen LogP contribution in [0.5, 0.6) is 0 Å². The smallest absolute Gasteiger partial charge is 0.475 e. The summed E-state index contributed by atoms with van der Waals surface area (Å²) in [5, 5.41) is 7.12. The van der Waals surface area contributed by atoms with Crippen LogP contribution in [-0.4, -0.2) is 63.9 Å². The number of carboxylic acids is 1. The van der Waals surface area contributed by atoms with E-state index in [4.69, 9.17) is 14.6 Å². The van der Waals surface area contributed by atoms with Crippen molar-refractivity contribution in [3.63, 3.8) is 0 Å². The second-order valence-corrected chi connectivity index (χ2v) is 9.72. The van der Waals surface area contributed by atoms with E-state index in [1.54, 1.807) is 24.3 Å². The average molecular weight is 487 g/mol. The summed E-state index contributed by atoms with van der Waals surface area (Å²) >= 11 is 0. The van der Waals surface area contributed by atoms with Crippen LogP contribution in [0.25, 0.3) is 0 Å². The predicted molar refractivity (Wildman–Crippen MR) is 115 cm³/mol. The number of halogens is 3. The van der Waals surface area contributed by atoms with Gasteiger partial charge in [0.15, 0.2) is 0 Å². The van der Waals surface area contributed by atoms with Crippen molar-refractivity contribution in [3.8, 4) is 0 Å². The first kappa shape index (κ1) is 25.0. The van der Waals surface area contributed by atoms with Gasteiger partial charge in [0.05, 0.1) is 29.3 Å². The van der Waals surface area contributed by atoms with Crippen LogP contribution in [-0.2, 0) is 25.2 Å². The molecule has 4 rings (SSSR count). The molecule has 2 aromatic carbocycles. The summed E-state index contributed by atoms with van der Waals surface area (Å²) in [5.41, 5.74) is 1.34. The van der Waals surface area contributed by atoms with Gasteiger partial charge >= 0.3 is 12.1 Å². The van der Waals surface area contributed by atoms with Gasteiger partial charge in [-0.15, -0.1) is 0 Å². The molecule has 1 N–H and O–H groups in total. The molecule has 0 aromatic heterocycles. The first-order chi connectivity index (χ1) is 15.5. The molecule has 2 heterocycles. The lowest BCUT2D eigenvalue weighted by molar-refractivity contribution is -0.192. The van der Waals surface area contributed by atoms with E-state index in [9.17, 15) is 21.6 Å². The van der Waals surface area contributed by atoms with Gasteiger partial charge in [-0.2, -0.15) is 13.2 Å². The third-order valence-electron chi connectivity index (χ3n) is 5.70. The van der Waals surface area contributed by atoms with Crippen molar-refractivity contribution >= 4 is 21.7 Å². The number of nitrogens with zero attached hydrogens (tertiary/aromatic N) is 2. The van der Waals surface area contributed by atoms with Crippen LogP contribution < -0.4 is 4.31 Å². The van der Waals surface area contributed by atoms with Crippen molar-refractivity contribution < 1.29 is 36.2 Å². The molecule has 7 nitrogen and oxygen atoms in total. The van der Waals surface area contributed by atoms with E-state index in [-0.39, 0.29) is 0 Å². The number of sulfonamides is 1. The third-order valence-corrected chi connectivity index (χ3v) is 7.53.